The van der Waals surface area contributed by atoms with E-state index >= 15 is 70.2 Å². The van der Waals surface area contributed by atoms with Crippen molar-refractivity contribution in [3.8, 4) is 0 Å². The number of hydrogen-bond acceptors (Lipinski definition) is 0. The standard InChI is InChI=1S/2C24H4BF16.C8H11N.C6H15N/c2*26-5-1-9(30)17(34)21(38)13(5)25(14-6(27)2-10(31)18(35)22(14)39,15-7(28)3-11(32)19(36)23(15)40)16-8(29)4-12(33)20(37)24(16)41;1-9(2)8-6-4-3-5-7-8;1-6(2,3)7(4)5/h2*1-4H;3-7H,1-2H3;1-5H3/q2*-1;;/p+2. The first-order valence-corrected chi connectivity index (χ1v) is 26.9. The second-order valence-electron chi connectivity index (χ2n) is 22.4. The molecule has 0 saturated carbocycles. The average molecular weight is 1440 g/mol. The molecule has 2 nitrogen and oxygen atoms in total. The molecule has 36 heteroatoms. The van der Waals surface area contributed by atoms with Crippen LogP contribution in [-0.2, 0) is 0 Å². The van der Waals surface area contributed by atoms with Gasteiger partial charge in [-0.1, -0.05) is 18.2 Å². The summed E-state index contributed by atoms with van der Waals surface area (Å²) in [6.45, 7) is 6.67. The van der Waals surface area contributed by atoms with E-state index in [1.165, 1.54) is 15.5 Å². The van der Waals surface area contributed by atoms with Gasteiger partial charge >= 0.3 is 0 Å². The van der Waals surface area contributed by atoms with Gasteiger partial charge < -0.3 is 9.80 Å². The third-order valence-electron chi connectivity index (χ3n) is 15.5. The second kappa shape index (κ2) is 29.1. The van der Waals surface area contributed by atoms with Crippen LogP contribution in [-0.4, -0.2) is 46.0 Å². The zero-order valence-corrected chi connectivity index (χ0v) is 49.8. The number of rotatable bonds is 9. The van der Waals surface area contributed by atoms with E-state index in [-0.39, 0.29) is 0 Å². The van der Waals surface area contributed by atoms with Crippen LogP contribution in [0.1, 0.15) is 20.8 Å². The normalized spacial score (nSPS) is 11.8. The third kappa shape index (κ3) is 13.6. The van der Waals surface area contributed by atoms with Gasteiger partial charge in [-0.05, 0) is 32.9 Å². The first-order valence-electron chi connectivity index (χ1n) is 26.9. The fourth-order valence-electron chi connectivity index (χ4n) is 10.3. The van der Waals surface area contributed by atoms with Gasteiger partial charge in [0.05, 0.1) is 80.3 Å². The molecule has 0 unspecified atom stereocenters. The lowest BCUT2D eigenvalue weighted by Crippen LogP contribution is -3.13. The van der Waals surface area contributed by atoms with Crippen LogP contribution in [0.25, 0.3) is 0 Å². The Balaban J connectivity index is 0.000000252. The van der Waals surface area contributed by atoms with Crippen LogP contribution in [0.3, 0.4) is 0 Å². The quantitative estimate of drug-likeness (QED) is 0.0617. The SMILES string of the molecule is C[NH+](C)C(C)(C)C.C[NH+](C)c1ccccc1.Fc1cc(F)c([B-](c2c(F)cc(F)c(F)c2F)(c2c(F)cc(F)c(F)c2F)c2c(F)cc(F)c(F)c2F)c(F)c1F.Fc1cc(F)c([B-](c2c(F)cc(F)c(F)c2F)(c2c(F)cc(F)c(F)c2F)c2c(F)cc(F)c(F)c2F)c(F)c1F. The van der Waals surface area contributed by atoms with Gasteiger partial charge in [-0.3, -0.25) is 0 Å². The van der Waals surface area contributed by atoms with E-state index in [4.69, 9.17) is 0 Å². The Morgan fingerprint density at radius 2 is 0.347 bits per heavy atom. The molecular formula is C62H36B2F32N2. The van der Waals surface area contributed by atoms with Crippen molar-refractivity contribution >= 4 is 61.7 Å². The van der Waals surface area contributed by atoms with E-state index in [1.807, 2.05) is 6.07 Å². The molecule has 0 bridgehead atoms. The van der Waals surface area contributed by atoms with Crippen molar-refractivity contribution in [3.05, 3.63) is 265 Å². The van der Waals surface area contributed by atoms with Gasteiger partial charge in [0.25, 0.3) is 0 Å². The van der Waals surface area contributed by atoms with Crippen LogP contribution in [0.4, 0.5) is 146 Å². The minimum absolute atomic E-state index is 0.417. The summed E-state index contributed by atoms with van der Waals surface area (Å²) in [6.07, 6.45) is -12.4. The highest BCUT2D eigenvalue weighted by atomic mass is 19.2. The van der Waals surface area contributed by atoms with Crippen LogP contribution in [0.15, 0.2) is 78.9 Å². The van der Waals surface area contributed by atoms with Crippen molar-refractivity contribution in [2.45, 2.75) is 26.3 Å². The van der Waals surface area contributed by atoms with Gasteiger partial charge in [0, 0.05) is 48.5 Å². The molecule has 9 rings (SSSR count). The molecular weight excluding hydrogens is 1400 g/mol. The van der Waals surface area contributed by atoms with Crippen molar-refractivity contribution in [1.82, 2.24) is 0 Å². The van der Waals surface area contributed by atoms with Crippen molar-refractivity contribution in [2.75, 3.05) is 28.2 Å². The van der Waals surface area contributed by atoms with Gasteiger partial charge in [0.15, 0.2) is 93.1 Å². The van der Waals surface area contributed by atoms with Crippen LogP contribution in [0, 0.1) is 186 Å². The van der Waals surface area contributed by atoms with Crippen molar-refractivity contribution in [1.29, 1.82) is 0 Å². The lowest BCUT2D eigenvalue weighted by molar-refractivity contribution is -0.908. The summed E-state index contributed by atoms with van der Waals surface area (Å²) < 4.78 is 471. The summed E-state index contributed by atoms with van der Waals surface area (Å²) >= 11 is 0. The number of para-hydroxylation sites is 1. The molecule has 0 heterocycles. The van der Waals surface area contributed by atoms with Crippen molar-refractivity contribution < 1.29 is 150 Å². The minimum atomic E-state index is -6.18. The Labute approximate surface area is 530 Å². The van der Waals surface area contributed by atoms with Crippen LogP contribution >= 0.6 is 0 Å². The molecule has 0 aliphatic rings. The zero-order valence-electron chi connectivity index (χ0n) is 49.8. The largest absolute Gasteiger partial charge is 0.336 e. The number of halogens is 32. The van der Waals surface area contributed by atoms with Crippen LogP contribution in [0.5, 0.6) is 0 Å². The zero-order chi connectivity index (χ0) is 74.5. The van der Waals surface area contributed by atoms with Gasteiger partial charge in [-0.25, -0.2) is 140 Å². The molecule has 0 fully saturated rings. The van der Waals surface area contributed by atoms with Crippen LogP contribution < -0.4 is 53.5 Å². The first-order chi connectivity index (χ1) is 45.2. The van der Waals surface area contributed by atoms with Gasteiger partial charge in [0.2, 0.25) is 0 Å². The predicted octanol–water partition coefficient (Wildman–Crippen LogP) is 11.0. The minimum Gasteiger partial charge on any atom is -0.336 e. The van der Waals surface area contributed by atoms with E-state index in [1.54, 1.807) is 0 Å². The highest BCUT2D eigenvalue weighted by Crippen LogP contribution is 2.31. The fourth-order valence-corrected chi connectivity index (χ4v) is 10.3. The monoisotopic (exact) mass is 1440 g/mol. The molecule has 0 aliphatic carbocycles. The number of quaternary nitrogens is 2. The smallest absolute Gasteiger partial charge is 0.191 e. The maximum absolute atomic E-state index is 15.3. The number of hydrogen-bond donors (Lipinski definition) is 2. The Kier molecular flexibility index (Phi) is 23.1. The predicted molar refractivity (Wildman–Crippen MR) is 290 cm³/mol. The molecule has 9 aromatic rings. The lowest BCUT2D eigenvalue weighted by atomic mass is 9.12. The summed E-state index contributed by atoms with van der Waals surface area (Å²) in [4.78, 5) is 2.86. The van der Waals surface area contributed by atoms with Gasteiger partial charge in [-0.2, -0.15) is 0 Å². The Morgan fingerprint density at radius 3 is 0.449 bits per heavy atom. The summed E-state index contributed by atoms with van der Waals surface area (Å²) in [6, 6.07) is 4.54. The molecule has 2 N–H and O–H groups in total. The molecule has 98 heavy (non-hydrogen) atoms. The highest BCUT2D eigenvalue weighted by molar-refractivity contribution is 7.21. The second-order valence-corrected chi connectivity index (χ2v) is 22.4. The molecule has 0 spiro atoms. The van der Waals surface area contributed by atoms with Crippen molar-refractivity contribution in [2.24, 2.45) is 0 Å². The Hall–Kier alpha value is -9.21. The maximum Gasteiger partial charge on any atom is 0.191 e. The highest BCUT2D eigenvalue weighted by Gasteiger charge is 2.52. The Bertz CT molecular complexity index is 3840. The molecule has 524 valence electrons. The molecule has 0 radical (unpaired) electrons. The summed E-state index contributed by atoms with van der Waals surface area (Å²) in [5.74, 6) is -90.1. The van der Waals surface area contributed by atoms with Gasteiger partial charge in [-0.15, -0.1) is 43.7 Å². The number of nitrogens with one attached hydrogen (secondary N) is 2. The van der Waals surface area contributed by atoms with E-state index in [0.717, 1.165) is 0 Å². The number of benzene rings is 9. The first kappa shape index (κ1) is 77.8. The summed E-state index contributed by atoms with van der Waals surface area (Å²) in [5, 5.41) is 0. The van der Waals surface area contributed by atoms with Crippen LogP contribution in [0.2, 0.25) is 0 Å². The molecule has 9 aromatic carbocycles. The van der Waals surface area contributed by atoms with Gasteiger partial charge in [0.1, 0.15) is 64.5 Å². The molecule has 0 aromatic heterocycles. The topological polar surface area (TPSA) is 8.88 Å². The van der Waals surface area contributed by atoms with E-state index in [9.17, 15) is 70.2 Å². The maximum atomic E-state index is 15.3. The third-order valence-corrected chi connectivity index (χ3v) is 15.5. The Morgan fingerprint density at radius 1 is 0.214 bits per heavy atom. The molecule has 0 atom stereocenters. The van der Waals surface area contributed by atoms with E-state index < -0.39 is 291 Å². The molecule has 0 aliphatic heterocycles. The van der Waals surface area contributed by atoms with Crippen molar-refractivity contribution in [3.63, 3.8) is 0 Å². The molecule has 0 saturated heterocycles. The molecule has 0 amide bonds. The summed E-state index contributed by atoms with van der Waals surface area (Å²) in [7, 11) is 8.57. The fraction of sp³-hybridized carbons (Fsp3) is 0.129. The average Bonchev–Trinajstić information content (AvgIpc) is 0.696. The van der Waals surface area contributed by atoms with E-state index in [2.05, 4.69) is 73.2 Å². The summed E-state index contributed by atoms with van der Waals surface area (Å²) in [5.41, 5.74) is -20.1. The lowest BCUT2D eigenvalue weighted by Gasteiger charge is -2.44. The van der Waals surface area contributed by atoms with E-state index in [0.29, 0.717) is 5.54 Å².